The van der Waals surface area contributed by atoms with Crippen LogP contribution in [0, 0.1) is 0 Å². The van der Waals surface area contributed by atoms with Crippen molar-refractivity contribution in [2.75, 3.05) is 40.0 Å². The van der Waals surface area contributed by atoms with Crippen LogP contribution in [0.1, 0.15) is 19.4 Å². The first-order chi connectivity index (χ1) is 9.72. The van der Waals surface area contributed by atoms with E-state index in [1.54, 1.807) is 0 Å². The average Bonchev–Trinajstić information content (AvgIpc) is 2.43. The summed E-state index contributed by atoms with van der Waals surface area (Å²) in [5.74, 6) is 1.43. The van der Waals surface area contributed by atoms with Gasteiger partial charge in [0.05, 0.1) is 26.4 Å². The molecule has 0 radical (unpaired) electrons. The van der Waals surface area contributed by atoms with Crippen molar-refractivity contribution in [2.24, 2.45) is 0 Å². The summed E-state index contributed by atoms with van der Waals surface area (Å²) in [4.78, 5) is 0. The van der Waals surface area contributed by atoms with Crippen molar-refractivity contribution in [1.82, 2.24) is 5.32 Å². The smallest absolute Gasteiger partial charge is 0.162 e. The van der Waals surface area contributed by atoms with E-state index in [-0.39, 0.29) is 0 Å². The Morgan fingerprint density at radius 1 is 1.05 bits per heavy atom. The molecule has 0 bridgehead atoms. The van der Waals surface area contributed by atoms with Crippen LogP contribution in [0.5, 0.6) is 11.5 Å². The Hall–Kier alpha value is -0.970. The molecule has 0 aliphatic rings. The van der Waals surface area contributed by atoms with E-state index in [0.29, 0.717) is 37.2 Å². The zero-order valence-corrected chi connectivity index (χ0v) is 13.3. The lowest BCUT2D eigenvalue weighted by atomic mass is 10.1. The van der Waals surface area contributed by atoms with Gasteiger partial charge in [-0.2, -0.15) is 0 Å². The standard InChI is InChI=1S/C15H24ClNO3/c1-4-19-14-10-12(6-8-18-9-7-17-3)13(16)11-15(14)20-5-2/h10-11,17H,4-9H2,1-3H3. The molecule has 20 heavy (non-hydrogen) atoms. The summed E-state index contributed by atoms with van der Waals surface area (Å²) in [7, 11) is 1.90. The van der Waals surface area contributed by atoms with Crippen LogP contribution in [-0.4, -0.2) is 40.0 Å². The minimum atomic E-state index is 0.586. The molecule has 0 amide bonds. The molecule has 4 nitrogen and oxygen atoms in total. The van der Waals surface area contributed by atoms with E-state index < -0.39 is 0 Å². The van der Waals surface area contributed by atoms with Crippen LogP contribution in [0.2, 0.25) is 5.02 Å². The van der Waals surface area contributed by atoms with E-state index in [1.807, 2.05) is 33.0 Å². The molecule has 1 aromatic carbocycles. The van der Waals surface area contributed by atoms with Gasteiger partial charge >= 0.3 is 0 Å². The highest BCUT2D eigenvalue weighted by Crippen LogP contribution is 2.33. The van der Waals surface area contributed by atoms with Gasteiger partial charge in [0.25, 0.3) is 0 Å². The second-order valence-electron chi connectivity index (χ2n) is 4.22. The first kappa shape index (κ1) is 17.1. The molecule has 0 aliphatic carbocycles. The zero-order chi connectivity index (χ0) is 14.8. The minimum Gasteiger partial charge on any atom is -0.490 e. The Morgan fingerprint density at radius 2 is 1.70 bits per heavy atom. The molecule has 0 saturated heterocycles. The molecule has 114 valence electrons. The van der Waals surface area contributed by atoms with Crippen molar-refractivity contribution in [1.29, 1.82) is 0 Å². The summed E-state index contributed by atoms with van der Waals surface area (Å²) in [6.07, 6.45) is 0.759. The van der Waals surface area contributed by atoms with Crippen LogP contribution in [0.25, 0.3) is 0 Å². The fourth-order valence-electron chi connectivity index (χ4n) is 1.76. The molecule has 0 unspecified atom stereocenters. The summed E-state index contributed by atoms with van der Waals surface area (Å²) in [5, 5.41) is 3.73. The fourth-order valence-corrected chi connectivity index (χ4v) is 2.01. The second kappa shape index (κ2) is 9.86. The predicted octanol–water partition coefficient (Wildman–Crippen LogP) is 2.92. The normalized spacial score (nSPS) is 10.6. The van der Waals surface area contributed by atoms with Crippen molar-refractivity contribution in [3.63, 3.8) is 0 Å². The number of hydrogen-bond donors (Lipinski definition) is 1. The molecule has 0 fully saturated rings. The van der Waals surface area contributed by atoms with Crippen molar-refractivity contribution >= 4 is 11.6 Å². The number of hydrogen-bond acceptors (Lipinski definition) is 4. The quantitative estimate of drug-likeness (QED) is 0.675. The highest BCUT2D eigenvalue weighted by atomic mass is 35.5. The molecule has 0 atom stereocenters. The lowest BCUT2D eigenvalue weighted by Gasteiger charge is -2.14. The van der Waals surface area contributed by atoms with Gasteiger partial charge in [0.1, 0.15) is 0 Å². The third-order valence-electron chi connectivity index (χ3n) is 2.72. The average molecular weight is 302 g/mol. The maximum atomic E-state index is 6.27. The molecule has 0 saturated carbocycles. The van der Waals surface area contributed by atoms with Crippen molar-refractivity contribution < 1.29 is 14.2 Å². The molecule has 0 heterocycles. The van der Waals surface area contributed by atoms with Gasteiger partial charge in [0.15, 0.2) is 11.5 Å². The van der Waals surface area contributed by atoms with E-state index in [0.717, 1.165) is 24.3 Å². The summed E-state index contributed by atoms with van der Waals surface area (Å²) >= 11 is 6.27. The molecule has 1 aromatic rings. The van der Waals surface area contributed by atoms with E-state index >= 15 is 0 Å². The Kier molecular flexibility index (Phi) is 8.42. The van der Waals surface area contributed by atoms with E-state index in [9.17, 15) is 0 Å². The molecule has 0 spiro atoms. The Balaban J connectivity index is 2.67. The fraction of sp³-hybridized carbons (Fsp3) is 0.600. The molecular formula is C15H24ClNO3. The zero-order valence-electron chi connectivity index (χ0n) is 12.5. The molecule has 1 N–H and O–H groups in total. The van der Waals surface area contributed by atoms with Crippen LogP contribution in [-0.2, 0) is 11.2 Å². The van der Waals surface area contributed by atoms with Crippen molar-refractivity contribution in [3.05, 3.63) is 22.7 Å². The van der Waals surface area contributed by atoms with Crippen LogP contribution in [0.4, 0.5) is 0 Å². The first-order valence-corrected chi connectivity index (χ1v) is 7.41. The highest BCUT2D eigenvalue weighted by Gasteiger charge is 2.10. The third-order valence-corrected chi connectivity index (χ3v) is 3.08. The number of likely N-dealkylation sites (N-methyl/N-ethyl adjacent to an activating group) is 1. The first-order valence-electron chi connectivity index (χ1n) is 7.03. The molecule has 5 heteroatoms. The summed E-state index contributed by atoms with van der Waals surface area (Å²) < 4.78 is 16.6. The van der Waals surface area contributed by atoms with Gasteiger partial charge in [-0.05, 0) is 38.9 Å². The summed E-state index contributed by atoms with van der Waals surface area (Å²) in [6.45, 7) is 7.26. The number of halogens is 1. The van der Waals surface area contributed by atoms with Gasteiger partial charge in [0, 0.05) is 17.6 Å². The minimum absolute atomic E-state index is 0.586. The predicted molar refractivity (Wildman–Crippen MR) is 82.2 cm³/mol. The lowest BCUT2D eigenvalue weighted by molar-refractivity contribution is 0.140. The number of benzene rings is 1. The van der Waals surface area contributed by atoms with Crippen LogP contribution >= 0.6 is 11.6 Å². The van der Waals surface area contributed by atoms with Gasteiger partial charge in [0.2, 0.25) is 0 Å². The maximum Gasteiger partial charge on any atom is 0.162 e. The largest absolute Gasteiger partial charge is 0.490 e. The Labute approximate surface area is 126 Å². The third kappa shape index (κ3) is 5.57. The van der Waals surface area contributed by atoms with Gasteiger partial charge < -0.3 is 19.5 Å². The second-order valence-corrected chi connectivity index (χ2v) is 4.63. The van der Waals surface area contributed by atoms with E-state index in [1.165, 1.54) is 0 Å². The maximum absolute atomic E-state index is 6.27. The number of ether oxygens (including phenoxy) is 3. The van der Waals surface area contributed by atoms with Crippen molar-refractivity contribution in [2.45, 2.75) is 20.3 Å². The summed E-state index contributed by atoms with van der Waals surface area (Å²) in [6, 6.07) is 3.76. The number of rotatable bonds is 10. The van der Waals surface area contributed by atoms with Gasteiger partial charge in [-0.1, -0.05) is 11.6 Å². The lowest BCUT2D eigenvalue weighted by Crippen LogP contribution is -2.15. The Morgan fingerprint density at radius 3 is 2.30 bits per heavy atom. The molecule has 0 aromatic heterocycles. The van der Waals surface area contributed by atoms with E-state index in [4.69, 9.17) is 25.8 Å². The van der Waals surface area contributed by atoms with Gasteiger partial charge in [-0.15, -0.1) is 0 Å². The number of nitrogens with one attached hydrogen (secondary N) is 1. The van der Waals surface area contributed by atoms with Crippen molar-refractivity contribution in [3.8, 4) is 11.5 Å². The molecular weight excluding hydrogens is 278 g/mol. The van der Waals surface area contributed by atoms with Gasteiger partial charge in [-0.25, -0.2) is 0 Å². The highest BCUT2D eigenvalue weighted by molar-refractivity contribution is 6.31. The summed E-state index contributed by atoms with van der Waals surface area (Å²) in [5.41, 5.74) is 1.02. The monoisotopic (exact) mass is 301 g/mol. The van der Waals surface area contributed by atoms with E-state index in [2.05, 4.69) is 5.32 Å². The SMILES string of the molecule is CCOc1cc(Cl)c(CCOCCNC)cc1OCC. The topological polar surface area (TPSA) is 39.7 Å². The molecule has 0 aliphatic heterocycles. The Bertz CT molecular complexity index is 399. The van der Waals surface area contributed by atoms with Crippen LogP contribution in [0.3, 0.4) is 0 Å². The van der Waals surface area contributed by atoms with Gasteiger partial charge in [-0.3, -0.25) is 0 Å². The molecule has 1 rings (SSSR count). The van der Waals surface area contributed by atoms with Crippen LogP contribution < -0.4 is 14.8 Å². The van der Waals surface area contributed by atoms with Crippen LogP contribution in [0.15, 0.2) is 12.1 Å².